The van der Waals surface area contributed by atoms with Crippen LogP contribution in [0.2, 0.25) is 0 Å². The molecule has 3 rings (SSSR count). The number of ether oxygens (including phenoxy) is 1. The number of carbonyl (C=O) groups excluding carboxylic acids is 2. The molecular formula is C17H20N2O4S. The Kier molecular flexibility index (Phi) is 4.71. The normalized spacial score (nSPS) is 13.8. The van der Waals surface area contributed by atoms with Crippen molar-refractivity contribution < 1.29 is 18.8 Å². The number of anilines is 1. The van der Waals surface area contributed by atoms with E-state index in [4.69, 9.17) is 9.26 Å². The van der Waals surface area contributed by atoms with Gasteiger partial charge in [-0.2, -0.15) is 0 Å². The van der Waals surface area contributed by atoms with Gasteiger partial charge in [-0.05, 0) is 38.7 Å². The Hall–Kier alpha value is -2.15. The topological polar surface area (TPSA) is 81.4 Å². The van der Waals surface area contributed by atoms with E-state index in [-0.39, 0.29) is 18.2 Å². The number of amides is 1. The standard InChI is InChI=1S/C17H20N2O4S/c1-4-11-9(3)24-16(14(11)17(21)22-5-2)18-15(20)12-8-13(23-19-12)10-6-7-10/h8,10H,4-7H2,1-3H3,(H,18,20). The first-order chi connectivity index (χ1) is 11.5. The van der Waals surface area contributed by atoms with Gasteiger partial charge in [-0.3, -0.25) is 4.79 Å². The monoisotopic (exact) mass is 348 g/mol. The second kappa shape index (κ2) is 6.76. The third-order valence-corrected chi connectivity index (χ3v) is 5.07. The van der Waals surface area contributed by atoms with Crippen molar-refractivity contribution in [2.24, 2.45) is 0 Å². The smallest absolute Gasteiger partial charge is 0.341 e. The molecule has 0 aromatic carbocycles. The summed E-state index contributed by atoms with van der Waals surface area (Å²) in [5.41, 5.74) is 1.59. The molecule has 1 amide bonds. The molecule has 0 radical (unpaired) electrons. The SMILES string of the molecule is CCOC(=O)c1c(NC(=O)c2cc(C3CC3)on2)sc(C)c1CC. The van der Waals surface area contributed by atoms with Crippen LogP contribution in [-0.2, 0) is 11.2 Å². The van der Waals surface area contributed by atoms with E-state index in [1.54, 1.807) is 13.0 Å². The summed E-state index contributed by atoms with van der Waals surface area (Å²) in [5, 5.41) is 7.13. The number of nitrogens with zero attached hydrogens (tertiary/aromatic N) is 1. The Bertz CT molecular complexity index is 774. The van der Waals surface area contributed by atoms with Gasteiger partial charge in [-0.1, -0.05) is 12.1 Å². The summed E-state index contributed by atoms with van der Waals surface area (Å²) in [6.45, 7) is 5.96. The minimum Gasteiger partial charge on any atom is -0.462 e. The maximum absolute atomic E-state index is 12.4. The third-order valence-electron chi connectivity index (χ3n) is 4.01. The van der Waals surface area contributed by atoms with Crippen LogP contribution < -0.4 is 5.32 Å². The van der Waals surface area contributed by atoms with Gasteiger partial charge >= 0.3 is 5.97 Å². The van der Waals surface area contributed by atoms with Crippen molar-refractivity contribution in [2.45, 2.75) is 46.0 Å². The predicted octanol–water partition coefficient (Wildman–Crippen LogP) is 3.91. The first kappa shape index (κ1) is 16.7. The van der Waals surface area contributed by atoms with Crippen molar-refractivity contribution in [3.8, 4) is 0 Å². The fraction of sp³-hybridized carbons (Fsp3) is 0.471. The third kappa shape index (κ3) is 3.21. The molecule has 24 heavy (non-hydrogen) atoms. The molecule has 128 valence electrons. The van der Waals surface area contributed by atoms with E-state index in [0.717, 1.165) is 29.0 Å². The lowest BCUT2D eigenvalue weighted by atomic mass is 10.1. The van der Waals surface area contributed by atoms with Crippen LogP contribution in [0.5, 0.6) is 0 Å². The van der Waals surface area contributed by atoms with Crippen molar-refractivity contribution in [1.29, 1.82) is 0 Å². The fourth-order valence-corrected chi connectivity index (χ4v) is 3.76. The summed E-state index contributed by atoms with van der Waals surface area (Å²) in [6.07, 6.45) is 2.85. The number of thiophene rings is 1. The van der Waals surface area contributed by atoms with E-state index in [1.807, 2.05) is 13.8 Å². The number of hydrogen-bond acceptors (Lipinski definition) is 6. The van der Waals surface area contributed by atoms with Gasteiger partial charge in [0.15, 0.2) is 5.69 Å². The lowest BCUT2D eigenvalue weighted by Crippen LogP contribution is -2.15. The zero-order valence-electron chi connectivity index (χ0n) is 14.0. The predicted molar refractivity (Wildman–Crippen MR) is 90.8 cm³/mol. The Balaban J connectivity index is 1.85. The summed E-state index contributed by atoms with van der Waals surface area (Å²) in [5.74, 6) is 0.361. The number of hydrogen-bond donors (Lipinski definition) is 1. The first-order valence-electron chi connectivity index (χ1n) is 8.12. The first-order valence-corrected chi connectivity index (χ1v) is 8.94. The van der Waals surface area contributed by atoms with Gasteiger partial charge in [0.05, 0.1) is 12.2 Å². The quantitative estimate of drug-likeness (QED) is 0.800. The minimum absolute atomic E-state index is 0.232. The van der Waals surface area contributed by atoms with Crippen molar-refractivity contribution >= 4 is 28.2 Å². The highest BCUT2D eigenvalue weighted by Crippen LogP contribution is 2.40. The molecule has 2 heterocycles. The molecule has 0 atom stereocenters. The second-order valence-corrected chi connectivity index (χ2v) is 6.98. The van der Waals surface area contributed by atoms with Crippen LogP contribution in [0.3, 0.4) is 0 Å². The molecule has 1 fully saturated rings. The minimum atomic E-state index is -0.409. The molecule has 6 nitrogen and oxygen atoms in total. The van der Waals surface area contributed by atoms with Gasteiger partial charge in [-0.15, -0.1) is 11.3 Å². The van der Waals surface area contributed by atoms with Crippen molar-refractivity contribution in [1.82, 2.24) is 5.16 Å². The average Bonchev–Trinajstić information content (AvgIpc) is 3.18. The molecule has 1 aliphatic rings. The summed E-state index contributed by atoms with van der Waals surface area (Å²) in [7, 11) is 0. The number of esters is 1. The van der Waals surface area contributed by atoms with Gasteiger partial charge < -0.3 is 14.6 Å². The molecule has 0 unspecified atom stereocenters. The Labute approximate surface area is 144 Å². The highest BCUT2D eigenvalue weighted by Gasteiger charge is 2.29. The van der Waals surface area contributed by atoms with Crippen molar-refractivity contribution in [2.75, 3.05) is 11.9 Å². The molecule has 1 saturated carbocycles. The van der Waals surface area contributed by atoms with Crippen LogP contribution in [-0.4, -0.2) is 23.6 Å². The van der Waals surface area contributed by atoms with Gasteiger partial charge in [-0.25, -0.2) is 4.79 Å². The highest BCUT2D eigenvalue weighted by molar-refractivity contribution is 7.16. The van der Waals surface area contributed by atoms with E-state index in [2.05, 4.69) is 10.5 Å². The Morgan fingerprint density at radius 3 is 2.79 bits per heavy atom. The number of carbonyl (C=O) groups is 2. The van der Waals surface area contributed by atoms with Crippen LogP contribution >= 0.6 is 11.3 Å². The van der Waals surface area contributed by atoms with Gasteiger partial charge in [0, 0.05) is 16.9 Å². The van der Waals surface area contributed by atoms with E-state index < -0.39 is 5.97 Å². The van der Waals surface area contributed by atoms with Crippen LogP contribution in [0.25, 0.3) is 0 Å². The summed E-state index contributed by atoms with van der Waals surface area (Å²) >= 11 is 1.38. The number of aryl methyl sites for hydroxylation is 1. The zero-order valence-corrected chi connectivity index (χ0v) is 14.8. The van der Waals surface area contributed by atoms with Crippen molar-refractivity contribution in [3.63, 3.8) is 0 Å². The largest absolute Gasteiger partial charge is 0.462 e. The van der Waals surface area contributed by atoms with Crippen LogP contribution in [0.4, 0.5) is 5.00 Å². The maximum Gasteiger partial charge on any atom is 0.341 e. The van der Waals surface area contributed by atoms with Gasteiger partial charge in [0.1, 0.15) is 10.8 Å². The van der Waals surface area contributed by atoms with E-state index in [9.17, 15) is 9.59 Å². The lowest BCUT2D eigenvalue weighted by molar-refractivity contribution is 0.0527. The second-order valence-electron chi connectivity index (χ2n) is 5.76. The van der Waals surface area contributed by atoms with Gasteiger partial charge in [0.25, 0.3) is 5.91 Å². The molecule has 0 saturated heterocycles. The Morgan fingerprint density at radius 1 is 1.42 bits per heavy atom. The van der Waals surface area contributed by atoms with Crippen LogP contribution in [0.15, 0.2) is 10.6 Å². The van der Waals surface area contributed by atoms with Crippen molar-refractivity contribution in [3.05, 3.63) is 33.5 Å². The fourth-order valence-electron chi connectivity index (χ4n) is 2.64. The van der Waals surface area contributed by atoms with Crippen LogP contribution in [0.1, 0.15) is 69.7 Å². The van der Waals surface area contributed by atoms with Crippen LogP contribution in [0, 0.1) is 6.92 Å². The summed E-state index contributed by atoms with van der Waals surface area (Å²) in [4.78, 5) is 25.7. The average molecular weight is 348 g/mol. The molecule has 1 N–H and O–H groups in total. The number of aromatic nitrogens is 1. The molecule has 1 aliphatic carbocycles. The zero-order chi connectivity index (χ0) is 17.3. The highest BCUT2D eigenvalue weighted by atomic mass is 32.1. The van der Waals surface area contributed by atoms with E-state index in [1.165, 1.54) is 11.3 Å². The number of rotatable bonds is 6. The Morgan fingerprint density at radius 2 is 2.17 bits per heavy atom. The molecule has 2 aromatic heterocycles. The number of nitrogens with one attached hydrogen (secondary N) is 1. The summed E-state index contributed by atoms with van der Waals surface area (Å²) in [6, 6.07) is 1.68. The van der Waals surface area contributed by atoms with E-state index in [0.29, 0.717) is 22.9 Å². The van der Waals surface area contributed by atoms with E-state index >= 15 is 0 Å². The lowest BCUT2D eigenvalue weighted by Gasteiger charge is -2.06. The summed E-state index contributed by atoms with van der Waals surface area (Å²) < 4.78 is 10.4. The molecule has 0 spiro atoms. The van der Waals surface area contributed by atoms with Gasteiger partial charge in [0.2, 0.25) is 0 Å². The maximum atomic E-state index is 12.4. The molecule has 7 heteroatoms. The molecular weight excluding hydrogens is 328 g/mol. The molecule has 0 bridgehead atoms. The molecule has 2 aromatic rings. The molecule has 0 aliphatic heterocycles.